The van der Waals surface area contributed by atoms with Crippen LogP contribution in [0.1, 0.15) is 31.8 Å². The summed E-state index contributed by atoms with van der Waals surface area (Å²) in [6.07, 6.45) is 0. The zero-order valence-electron chi connectivity index (χ0n) is 10.6. The molecule has 6 nitrogen and oxygen atoms in total. The highest BCUT2D eigenvalue weighted by Gasteiger charge is 2.31. The lowest BCUT2D eigenvalue weighted by Crippen LogP contribution is -2.23. The van der Waals surface area contributed by atoms with Crippen LogP contribution in [-0.4, -0.2) is 27.0 Å². The van der Waals surface area contributed by atoms with Crippen molar-refractivity contribution < 1.29 is 9.59 Å². The maximum absolute atomic E-state index is 12.6. The van der Waals surface area contributed by atoms with Crippen LogP contribution in [0, 0.1) is 0 Å². The van der Waals surface area contributed by atoms with E-state index in [9.17, 15) is 14.4 Å². The fourth-order valence-electron chi connectivity index (χ4n) is 2.64. The summed E-state index contributed by atoms with van der Waals surface area (Å²) >= 11 is 0. The second-order valence-corrected chi connectivity index (χ2v) is 4.73. The number of nitrogens with one attached hydrogen (secondary N) is 1. The van der Waals surface area contributed by atoms with E-state index in [2.05, 4.69) is 15.4 Å². The Hall–Kier alpha value is -3.15. The minimum Gasteiger partial charge on any atom is -0.289 e. The molecule has 1 aliphatic rings. The van der Waals surface area contributed by atoms with E-state index >= 15 is 0 Å². The van der Waals surface area contributed by atoms with Crippen molar-refractivity contribution in [3.8, 4) is 0 Å². The third-order valence-corrected chi connectivity index (χ3v) is 3.61. The number of aromatic amines is 1. The molecule has 1 heterocycles. The average molecular weight is 277 g/mol. The summed E-state index contributed by atoms with van der Waals surface area (Å²) in [4.78, 5) is 36.9. The van der Waals surface area contributed by atoms with Gasteiger partial charge in [-0.25, -0.2) is 5.10 Å². The van der Waals surface area contributed by atoms with E-state index in [0.29, 0.717) is 11.1 Å². The third kappa shape index (κ3) is 1.44. The van der Waals surface area contributed by atoms with Gasteiger partial charge < -0.3 is 0 Å². The molecule has 0 saturated carbocycles. The highest BCUT2D eigenvalue weighted by molar-refractivity contribution is 6.31. The molecule has 1 aliphatic carbocycles. The second-order valence-electron chi connectivity index (χ2n) is 4.73. The number of hydrogen-bond donors (Lipinski definition) is 1. The van der Waals surface area contributed by atoms with Crippen molar-refractivity contribution in [3.05, 3.63) is 69.0 Å². The van der Waals surface area contributed by atoms with Crippen LogP contribution < -0.4 is 5.56 Å². The summed E-state index contributed by atoms with van der Waals surface area (Å²) in [5, 5.41) is 9.77. The van der Waals surface area contributed by atoms with E-state index < -0.39 is 5.56 Å². The number of fused-ring (bicyclic) bond motifs is 4. The topological polar surface area (TPSA) is 92.8 Å². The largest absolute Gasteiger partial charge is 0.289 e. The SMILES string of the molecule is O=C1c2ccccc2C(=O)c2c1ccc1c(=O)[nH]nnc21. The summed E-state index contributed by atoms with van der Waals surface area (Å²) in [5.41, 5.74) is 0.809. The molecule has 0 saturated heterocycles. The number of benzene rings is 2. The van der Waals surface area contributed by atoms with Crippen LogP contribution in [0.15, 0.2) is 41.2 Å². The van der Waals surface area contributed by atoms with Crippen LogP contribution in [-0.2, 0) is 0 Å². The number of carbonyl (C=O) groups is 2. The van der Waals surface area contributed by atoms with Gasteiger partial charge in [-0.15, -0.1) is 5.10 Å². The van der Waals surface area contributed by atoms with Gasteiger partial charge in [-0.05, 0) is 12.1 Å². The normalized spacial score (nSPS) is 13.1. The molecular formula is C15H7N3O3. The summed E-state index contributed by atoms with van der Waals surface area (Å²) in [7, 11) is 0. The predicted octanol–water partition coefficient (Wildman–Crippen LogP) is 1.09. The molecule has 2 aromatic carbocycles. The molecule has 0 atom stereocenters. The summed E-state index contributed by atoms with van der Waals surface area (Å²) < 4.78 is 0. The van der Waals surface area contributed by atoms with Crippen LogP contribution in [0.3, 0.4) is 0 Å². The van der Waals surface area contributed by atoms with E-state index in [1.54, 1.807) is 24.3 Å². The van der Waals surface area contributed by atoms with E-state index in [0.717, 1.165) is 0 Å². The van der Waals surface area contributed by atoms with Crippen molar-refractivity contribution >= 4 is 22.5 Å². The maximum Gasteiger partial charge on any atom is 0.275 e. The summed E-state index contributed by atoms with van der Waals surface area (Å²) in [5.74, 6) is -0.560. The van der Waals surface area contributed by atoms with Gasteiger partial charge in [0, 0.05) is 16.7 Å². The quantitative estimate of drug-likeness (QED) is 0.519. The number of carbonyl (C=O) groups excluding carboxylic acids is 2. The highest BCUT2D eigenvalue weighted by atomic mass is 16.1. The molecule has 6 heteroatoms. The Kier molecular flexibility index (Phi) is 2.18. The Morgan fingerprint density at radius 3 is 2.29 bits per heavy atom. The van der Waals surface area contributed by atoms with E-state index in [-0.39, 0.29) is 33.6 Å². The van der Waals surface area contributed by atoms with E-state index in [4.69, 9.17) is 0 Å². The zero-order chi connectivity index (χ0) is 14.6. The Labute approximate surface area is 117 Å². The fourth-order valence-corrected chi connectivity index (χ4v) is 2.64. The first-order valence-corrected chi connectivity index (χ1v) is 6.25. The zero-order valence-corrected chi connectivity index (χ0v) is 10.6. The number of ketones is 2. The van der Waals surface area contributed by atoms with Crippen LogP contribution in [0.2, 0.25) is 0 Å². The molecule has 0 spiro atoms. The average Bonchev–Trinajstić information content (AvgIpc) is 2.52. The molecular weight excluding hydrogens is 270 g/mol. The van der Waals surface area contributed by atoms with Crippen molar-refractivity contribution in [2.45, 2.75) is 0 Å². The fraction of sp³-hybridized carbons (Fsp3) is 0. The van der Waals surface area contributed by atoms with Gasteiger partial charge in [-0.3, -0.25) is 14.4 Å². The molecule has 0 radical (unpaired) electrons. The van der Waals surface area contributed by atoms with Crippen molar-refractivity contribution in [2.75, 3.05) is 0 Å². The first-order valence-electron chi connectivity index (χ1n) is 6.25. The lowest BCUT2D eigenvalue weighted by Gasteiger charge is -2.17. The summed E-state index contributed by atoms with van der Waals surface area (Å²) in [6.45, 7) is 0. The van der Waals surface area contributed by atoms with Crippen molar-refractivity contribution in [3.63, 3.8) is 0 Å². The number of nitrogens with zero attached hydrogens (tertiary/aromatic N) is 2. The van der Waals surface area contributed by atoms with E-state index in [1.807, 2.05) is 0 Å². The van der Waals surface area contributed by atoms with Gasteiger partial charge in [-0.2, -0.15) is 0 Å². The number of H-pyrrole nitrogens is 1. The van der Waals surface area contributed by atoms with Gasteiger partial charge in [-0.1, -0.05) is 29.5 Å². The van der Waals surface area contributed by atoms with Crippen molar-refractivity contribution in [1.29, 1.82) is 0 Å². The van der Waals surface area contributed by atoms with Crippen LogP contribution in [0.25, 0.3) is 10.9 Å². The Balaban J connectivity index is 2.17. The Morgan fingerprint density at radius 1 is 0.810 bits per heavy atom. The molecule has 21 heavy (non-hydrogen) atoms. The third-order valence-electron chi connectivity index (χ3n) is 3.61. The lowest BCUT2D eigenvalue weighted by atomic mass is 9.83. The molecule has 1 N–H and O–H groups in total. The van der Waals surface area contributed by atoms with Crippen molar-refractivity contribution in [1.82, 2.24) is 15.4 Å². The van der Waals surface area contributed by atoms with Crippen LogP contribution >= 0.6 is 0 Å². The molecule has 0 amide bonds. The van der Waals surface area contributed by atoms with Gasteiger partial charge in [0.15, 0.2) is 11.6 Å². The molecule has 4 rings (SSSR count). The molecule has 1 aromatic heterocycles. The van der Waals surface area contributed by atoms with Gasteiger partial charge in [0.05, 0.1) is 10.9 Å². The van der Waals surface area contributed by atoms with Crippen LogP contribution in [0.4, 0.5) is 0 Å². The smallest absolute Gasteiger partial charge is 0.275 e. The lowest BCUT2D eigenvalue weighted by molar-refractivity contribution is 0.0980. The van der Waals surface area contributed by atoms with Gasteiger partial charge in [0.1, 0.15) is 5.52 Å². The highest BCUT2D eigenvalue weighted by Crippen LogP contribution is 2.30. The monoisotopic (exact) mass is 277 g/mol. The van der Waals surface area contributed by atoms with Gasteiger partial charge in [0.2, 0.25) is 0 Å². The molecule has 0 unspecified atom stereocenters. The maximum atomic E-state index is 12.6. The molecule has 0 aliphatic heterocycles. The Bertz CT molecular complexity index is 1000. The molecule has 0 bridgehead atoms. The summed E-state index contributed by atoms with van der Waals surface area (Å²) in [6, 6.07) is 9.59. The number of aromatic nitrogens is 3. The first-order chi connectivity index (χ1) is 10.2. The standard InChI is InChI=1S/C15H7N3O3/c19-13-7-3-1-2-4-8(7)14(20)11-9(13)5-6-10-12(11)16-18-17-15(10)21/h1-6H,(H,16,17,21). The number of hydrogen-bond acceptors (Lipinski definition) is 5. The van der Waals surface area contributed by atoms with Crippen molar-refractivity contribution in [2.24, 2.45) is 0 Å². The van der Waals surface area contributed by atoms with Crippen LogP contribution in [0.5, 0.6) is 0 Å². The minimum atomic E-state index is -0.443. The molecule has 3 aromatic rings. The molecule has 100 valence electrons. The molecule has 0 fully saturated rings. The predicted molar refractivity (Wildman–Crippen MR) is 73.5 cm³/mol. The van der Waals surface area contributed by atoms with E-state index in [1.165, 1.54) is 12.1 Å². The first kappa shape index (κ1) is 11.7. The Morgan fingerprint density at radius 2 is 1.52 bits per heavy atom. The second kappa shape index (κ2) is 3.92. The number of rotatable bonds is 0. The van der Waals surface area contributed by atoms with Gasteiger partial charge in [0.25, 0.3) is 5.56 Å². The minimum absolute atomic E-state index is 0.148. The van der Waals surface area contributed by atoms with Gasteiger partial charge >= 0.3 is 0 Å².